The summed E-state index contributed by atoms with van der Waals surface area (Å²) in [6, 6.07) is 7.63. The number of hydrogen-bond acceptors (Lipinski definition) is 3. The first kappa shape index (κ1) is 11.8. The van der Waals surface area contributed by atoms with Crippen LogP contribution in [0.2, 0.25) is 0 Å². The van der Waals surface area contributed by atoms with Crippen molar-refractivity contribution in [2.45, 2.75) is 25.3 Å². The molecule has 1 aliphatic rings. The Bertz CT molecular complexity index is 591. The van der Waals surface area contributed by atoms with Crippen LogP contribution in [0, 0.1) is 0 Å². The molecule has 0 spiro atoms. The van der Waals surface area contributed by atoms with Gasteiger partial charge in [-0.25, -0.2) is 0 Å². The number of fused-ring (bicyclic) bond motifs is 1. The molecule has 0 bridgehead atoms. The molecule has 3 rings (SSSR count). The number of rotatable bonds is 2. The monoisotopic (exact) mass is 256 g/mol. The topological polar surface area (TPSA) is 83.8 Å². The number of hydrogen-bond donors (Lipinski definition) is 3. The van der Waals surface area contributed by atoms with Crippen molar-refractivity contribution in [1.82, 2.24) is 15.5 Å². The number of aromatic amines is 1. The fourth-order valence-corrected chi connectivity index (χ4v) is 2.60. The van der Waals surface area contributed by atoms with Crippen LogP contribution in [-0.4, -0.2) is 16.1 Å². The van der Waals surface area contributed by atoms with Crippen molar-refractivity contribution in [1.29, 1.82) is 0 Å². The molecule has 5 heteroatoms. The van der Waals surface area contributed by atoms with Crippen LogP contribution in [0.25, 0.3) is 0 Å². The maximum Gasteiger partial charge on any atom is 0.269 e. The molecule has 1 unspecified atom stereocenters. The van der Waals surface area contributed by atoms with Crippen LogP contribution in [0.4, 0.5) is 5.69 Å². The molecule has 1 aromatic heterocycles. The second kappa shape index (κ2) is 4.76. The second-order valence-corrected chi connectivity index (χ2v) is 4.85. The molecule has 1 amide bonds. The minimum Gasteiger partial charge on any atom is -0.399 e. The van der Waals surface area contributed by atoms with Gasteiger partial charge >= 0.3 is 0 Å². The van der Waals surface area contributed by atoms with E-state index in [0.717, 1.165) is 24.9 Å². The van der Waals surface area contributed by atoms with Gasteiger partial charge < -0.3 is 11.1 Å². The van der Waals surface area contributed by atoms with E-state index in [1.54, 1.807) is 12.3 Å². The van der Waals surface area contributed by atoms with E-state index in [9.17, 15) is 4.79 Å². The van der Waals surface area contributed by atoms with Crippen LogP contribution in [0.1, 0.15) is 40.5 Å². The lowest BCUT2D eigenvalue weighted by Gasteiger charge is -2.26. The van der Waals surface area contributed by atoms with Gasteiger partial charge in [-0.3, -0.25) is 9.89 Å². The van der Waals surface area contributed by atoms with Crippen LogP contribution >= 0.6 is 0 Å². The Balaban J connectivity index is 1.82. The van der Waals surface area contributed by atoms with Gasteiger partial charge in [0.15, 0.2) is 0 Å². The number of carbonyl (C=O) groups is 1. The minimum absolute atomic E-state index is 0.0557. The van der Waals surface area contributed by atoms with Crippen molar-refractivity contribution in [3.63, 3.8) is 0 Å². The summed E-state index contributed by atoms with van der Waals surface area (Å²) in [5, 5.41) is 9.51. The van der Waals surface area contributed by atoms with E-state index in [1.165, 1.54) is 11.1 Å². The van der Waals surface area contributed by atoms with Gasteiger partial charge in [0.1, 0.15) is 5.69 Å². The van der Waals surface area contributed by atoms with Gasteiger partial charge in [0.25, 0.3) is 5.91 Å². The number of amides is 1. The summed E-state index contributed by atoms with van der Waals surface area (Å²) >= 11 is 0. The van der Waals surface area contributed by atoms with Crippen LogP contribution in [0.15, 0.2) is 30.5 Å². The van der Waals surface area contributed by atoms with E-state index in [-0.39, 0.29) is 11.9 Å². The van der Waals surface area contributed by atoms with E-state index >= 15 is 0 Å². The van der Waals surface area contributed by atoms with Gasteiger partial charge in [0.2, 0.25) is 0 Å². The first-order valence-electron chi connectivity index (χ1n) is 6.42. The Labute approximate surface area is 111 Å². The van der Waals surface area contributed by atoms with Crippen molar-refractivity contribution in [3.8, 4) is 0 Å². The molecular formula is C14H16N4O. The molecular weight excluding hydrogens is 240 g/mol. The average molecular weight is 256 g/mol. The van der Waals surface area contributed by atoms with Crippen molar-refractivity contribution >= 4 is 11.6 Å². The lowest BCUT2D eigenvalue weighted by Crippen LogP contribution is -2.31. The van der Waals surface area contributed by atoms with Gasteiger partial charge in [-0.15, -0.1) is 0 Å². The quantitative estimate of drug-likeness (QED) is 0.716. The molecule has 98 valence electrons. The van der Waals surface area contributed by atoms with Crippen molar-refractivity contribution in [3.05, 3.63) is 47.3 Å². The molecule has 19 heavy (non-hydrogen) atoms. The average Bonchev–Trinajstić information content (AvgIpc) is 2.92. The first-order valence-corrected chi connectivity index (χ1v) is 6.42. The SMILES string of the molecule is Nc1ccc2c(c1)CCCC2NC(=O)c1ccn[nH]1. The third-order valence-corrected chi connectivity index (χ3v) is 3.53. The highest BCUT2D eigenvalue weighted by Gasteiger charge is 2.22. The zero-order valence-electron chi connectivity index (χ0n) is 10.5. The number of benzene rings is 1. The highest BCUT2D eigenvalue weighted by Crippen LogP contribution is 2.31. The molecule has 4 N–H and O–H groups in total. The number of nitrogens with two attached hydrogens (primary N) is 1. The van der Waals surface area contributed by atoms with Gasteiger partial charge in [-0.2, -0.15) is 5.10 Å². The lowest BCUT2D eigenvalue weighted by molar-refractivity contribution is 0.0927. The number of anilines is 1. The molecule has 0 saturated carbocycles. The summed E-state index contributed by atoms with van der Waals surface area (Å²) in [4.78, 5) is 12.0. The predicted octanol–water partition coefficient (Wildman–Crippen LogP) is 1.80. The fourth-order valence-electron chi connectivity index (χ4n) is 2.60. The number of nitrogens with one attached hydrogen (secondary N) is 2. The van der Waals surface area contributed by atoms with Crippen LogP contribution < -0.4 is 11.1 Å². The van der Waals surface area contributed by atoms with E-state index < -0.39 is 0 Å². The summed E-state index contributed by atoms with van der Waals surface area (Å²) in [6.45, 7) is 0. The molecule has 1 aromatic carbocycles. The van der Waals surface area contributed by atoms with E-state index in [2.05, 4.69) is 15.5 Å². The molecule has 5 nitrogen and oxygen atoms in total. The molecule has 1 heterocycles. The number of carbonyl (C=O) groups excluding carboxylic acids is 1. The zero-order chi connectivity index (χ0) is 13.2. The summed E-state index contributed by atoms with van der Waals surface area (Å²) < 4.78 is 0. The van der Waals surface area contributed by atoms with Gasteiger partial charge in [-0.05, 0) is 48.6 Å². The summed E-state index contributed by atoms with van der Waals surface area (Å²) in [7, 11) is 0. The number of nitrogen functional groups attached to an aromatic ring is 1. The number of nitrogens with zero attached hydrogens (tertiary/aromatic N) is 1. The number of H-pyrrole nitrogens is 1. The Hall–Kier alpha value is -2.30. The Morgan fingerprint density at radius 2 is 2.32 bits per heavy atom. The summed E-state index contributed by atoms with van der Waals surface area (Å²) in [5.41, 5.74) is 9.48. The summed E-state index contributed by atoms with van der Waals surface area (Å²) in [5.74, 6) is -0.118. The molecule has 0 saturated heterocycles. The minimum atomic E-state index is -0.118. The normalized spacial score (nSPS) is 17.8. The Morgan fingerprint density at radius 1 is 1.42 bits per heavy atom. The molecule has 0 radical (unpaired) electrons. The van der Waals surface area contributed by atoms with Gasteiger partial charge in [-0.1, -0.05) is 6.07 Å². The smallest absolute Gasteiger partial charge is 0.269 e. The van der Waals surface area contributed by atoms with E-state index in [0.29, 0.717) is 5.69 Å². The standard InChI is InChI=1S/C14H16N4O/c15-10-4-5-11-9(8-10)2-1-3-12(11)17-14(19)13-6-7-16-18-13/h4-8,12H,1-3,15H2,(H,16,18)(H,17,19). The lowest BCUT2D eigenvalue weighted by atomic mass is 9.87. The maximum atomic E-state index is 12.0. The van der Waals surface area contributed by atoms with Crippen LogP contribution in [0.3, 0.4) is 0 Å². The van der Waals surface area contributed by atoms with E-state index in [1.807, 2.05) is 18.2 Å². The molecule has 2 aromatic rings. The highest BCUT2D eigenvalue weighted by atomic mass is 16.2. The second-order valence-electron chi connectivity index (χ2n) is 4.85. The molecule has 0 aliphatic heterocycles. The van der Waals surface area contributed by atoms with Crippen molar-refractivity contribution in [2.75, 3.05) is 5.73 Å². The molecule has 1 aliphatic carbocycles. The third kappa shape index (κ3) is 2.31. The fraction of sp³-hybridized carbons (Fsp3) is 0.286. The summed E-state index contributed by atoms with van der Waals surface area (Å²) in [6.07, 6.45) is 4.61. The highest BCUT2D eigenvalue weighted by molar-refractivity contribution is 5.92. The van der Waals surface area contributed by atoms with Crippen molar-refractivity contribution < 1.29 is 4.79 Å². The molecule has 0 fully saturated rings. The van der Waals surface area contributed by atoms with Gasteiger partial charge in [0, 0.05) is 11.9 Å². The Kier molecular flexibility index (Phi) is 2.95. The van der Waals surface area contributed by atoms with E-state index in [4.69, 9.17) is 5.73 Å². The first-order chi connectivity index (χ1) is 9.24. The predicted molar refractivity (Wildman–Crippen MR) is 72.6 cm³/mol. The third-order valence-electron chi connectivity index (χ3n) is 3.53. The van der Waals surface area contributed by atoms with Crippen molar-refractivity contribution in [2.24, 2.45) is 0 Å². The zero-order valence-corrected chi connectivity index (χ0v) is 10.5. The number of aryl methyl sites for hydroxylation is 1. The maximum absolute atomic E-state index is 12.0. The largest absolute Gasteiger partial charge is 0.399 e. The van der Waals surface area contributed by atoms with Gasteiger partial charge in [0.05, 0.1) is 6.04 Å². The van der Waals surface area contributed by atoms with Crippen LogP contribution in [-0.2, 0) is 6.42 Å². The molecule has 1 atom stereocenters. The Morgan fingerprint density at radius 3 is 3.11 bits per heavy atom. The number of aromatic nitrogens is 2. The van der Waals surface area contributed by atoms with Crippen LogP contribution in [0.5, 0.6) is 0 Å².